The maximum absolute atomic E-state index is 12.7. The molecule has 0 unspecified atom stereocenters. The Labute approximate surface area is 141 Å². The molecule has 1 amide bonds. The van der Waals surface area contributed by atoms with Gasteiger partial charge in [0.1, 0.15) is 5.82 Å². The second-order valence-electron chi connectivity index (χ2n) is 5.86. The standard InChI is InChI=1S/C20H21N3O/c1-14-15(2)23(13-16-9-5-3-6-10-16)19(21)18(14)20(24)22-17-11-7-4-8-12-17/h3-12H,13,21H2,1-2H3,(H,22,24). The minimum Gasteiger partial charge on any atom is -0.384 e. The van der Waals surface area contributed by atoms with Crippen molar-refractivity contribution in [2.45, 2.75) is 20.4 Å². The first-order valence-electron chi connectivity index (χ1n) is 7.93. The van der Waals surface area contributed by atoms with Gasteiger partial charge in [-0.05, 0) is 37.1 Å². The smallest absolute Gasteiger partial charge is 0.259 e. The number of nitrogens with zero attached hydrogens (tertiary/aromatic N) is 1. The molecule has 3 rings (SSSR count). The molecule has 1 aromatic heterocycles. The minimum atomic E-state index is -0.175. The van der Waals surface area contributed by atoms with Crippen LogP contribution in [0.1, 0.15) is 27.2 Å². The lowest BCUT2D eigenvalue weighted by atomic mass is 10.1. The number of rotatable bonds is 4. The van der Waals surface area contributed by atoms with Gasteiger partial charge in [-0.3, -0.25) is 4.79 Å². The molecule has 0 radical (unpaired) electrons. The van der Waals surface area contributed by atoms with E-state index in [1.165, 1.54) is 0 Å². The monoisotopic (exact) mass is 319 g/mol. The van der Waals surface area contributed by atoms with Gasteiger partial charge in [0.25, 0.3) is 5.91 Å². The predicted molar refractivity (Wildman–Crippen MR) is 98.3 cm³/mol. The van der Waals surface area contributed by atoms with Gasteiger partial charge in [-0.25, -0.2) is 0 Å². The molecule has 0 saturated carbocycles. The van der Waals surface area contributed by atoms with Gasteiger partial charge < -0.3 is 15.6 Å². The Bertz CT molecular complexity index is 852. The van der Waals surface area contributed by atoms with E-state index in [1.54, 1.807) is 0 Å². The number of aromatic nitrogens is 1. The molecule has 0 saturated heterocycles. The molecular weight excluding hydrogens is 298 g/mol. The molecule has 4 nitrogen and oxygen atoms in total. The molecule has 122 valence electrons. The summed E-state index contributed by atoms with van der Waals surface area (Å²) in [4.78, 5) is 12.7. The van der Waals surface area contributed by atoms with Crippen molar-refractivity contribution in [2.24, 2.45) is 0 Å². The van der Waals surface area contributed by atoms with Crippen LogP contribution in [0, 0.1) is 13.8 Å². The lowest BCUT2D eigenvalue weighted by molar-refractivity contribution is 0.102. The van der Waals surface area contributed by atoms with Crippen LogP contribution < -0.4 is 11.1 Å². The first-order chi connectivity index (χ1) is 11.6. The SMILES string of the molecule is Cc1c(C(=O)Nc2ccccc2)c(N)n(Cc2ccccc2)c1C. The summed E-state index contributed by atoms with van der Waals surface area (Å²) in [5, 5.41) is 2.91. The Morgan fingerprint density at radius 2 is 1.58 bits per heavy atom. The number of hydrogen-bond donors (Lipinski definition) is 2. The van der Waals surface area contributed by atoms with E-state index in [-0.39, 0.29) is 5.91 Å². The van der Waals surface area contributed by atoms with Gasteiger partial charge in [0.05, 0.1) is 5.56 Å². The summed E-state index contributed by atoms with van der Waals surface area (Å²) < 4.78 is 1.99. The largest absolute Gasteiger partial charge is 0.384 e. The Balaban J connectivity index is 1.92. The highest BCUT2D eigenvalue weighted by Gasteiger charge is 2.21. The average Bonchev–Trinajstić information content (AvgIpc) is 2.80. The first kappa shape index (κ1) is 15.9. The fourth-order valence-electron chi connectivity index (χ4n) is 2.86. The third-order valence-corrected chi connectivity index (χ3v) is 4.31. The molecule has 0 aliphatic rings. The van der Waals surface area contributed by atoms with E-state index in [0.29, 0.717) is 17.9 Å². The molecule has 3 aromatic rings. The number of anilines is 2. The van der Waals surface area contributed by atoms with E-state index in [4.69, 9.17) is 5.73 Å². The van der Waals surface area contributed by atoms with Crippen molar-refractivity contribution in [3.8, 4) is 0 Å². The number of hydrogen-bond acceptors (Lipinski definition) is 2. The molecule has 4 heteroatoms. The van der Waals surface area contributed by atoms with Crippen LogP contribution in [-0.4, -0.2) is 10.5 Å². The van der Waals surface area contributed by atoms with Gasteiger partial charge in [-0.2, -0.15) is 0 Å². The molecule has 0 spiro atoms. The van der Waals surface area contributed by atoms with Gasteiger partial charge >= 0.3 is 0 Å². The van der Waals surface area contributed by atoms with Crippen molar-refractivity contribution >= 4 is 17.4 Å². The number of nitrogens with two attached hydrogens (primary N) is 1. The number of carbonyl (C=O) groups is 1. The predicted octanol–water partition coefficient (Wildman–Crippen LogP) is 3.99. The van der Waals surface area contributed by atoms with E-state index in [9.17, 15) is 4.79 Å². The Hall–Kier alpha value is -3.01. The van der Waals surface area contributed by atoms with Gasteiger partial charge in [-0.15, -0.1) is 0 Å². The number of amides is 1. The van der Waals surface area contributed by atoms with E-state index in [1.807, 2.05) is 66.9 Å². The molecule has 3 N–H and O–H groups in total. The Morgan fingerprint density at radius 3 is 2.21 bits per heavy atom. The highest BCUT2D eigenvalue weighted by atomic mass is 16.1. The highest BCUT2D eigenvalue weighted by Crippen LogP contribution is 2.26. The van der Waals surface area contributed by atoms with Crippen LogP contribution in [0.2, 0.25) is 0 Å². The molecule has 2 aromatic carbocycles. The second kappa shape index (κ2) is 6.62. The van der Waals surface area contributed by atoms with Crippen molar-refractivity contribution in [2.75, 3.05) is 11.1 Å². The van der Waals surface area contributed by atoms with Gasteiger partial charge in [0.15, 0.2) is 0 Å². The topological polar surface area (TPSA) is 60.1 Å². The molecule has 0 fully saturated rings. The van der Waals surface area contributed by atoms with Crippen LogP contribution in [0.4, 0.5) is 11.5 Å². The lowest BCUT2D eigenvalue weighted by Gasteiger charge is -2.10. The Morgan fingerprint density at radius 1 is 1.00 bits per heavy atom. The molecule has 24 heavy (non-hydrogen) atoms. The van der Waals surface area contributed by atoms with E-state index >= 15 is 0 Å². The van der Waals surface area contributed by atoms with Crippen molar-refractivity contribution in [1.82, 2.24) is 4.57 Å². The number of nitrogen functional groups attached to an aromatic ring is 1. The zero-order valence-corrected chi connectivity index (χ0v) is 13.9. The summed E-state index contributed by atoms with van der Waals surface area (Å²) in [5.74, 6) is 0.327. The molecule has 0 aliphatic heterocycles. The third-order valence-electron chi connectivity index (χ3n) is 4.31. The summed E-state index contributed by atoms with van der Waals surface area (Å²) in [6.45, 7) is 4.58. The van der Waals surface area contributed by atoms with Crippen LogP contribution in [0.3, 0.4) is 0 Å². The first-order valence-corrected chi connectivity index (χ1v) is 7.93. The average molecular weight is 319 g/mol. The maximum Gasteiger partial charge on any atom is 0.259 e. The van der Waals surface area contributed by atoms with E-state index < -0.39 is 0 Å². The van der Waals surface area contributed by atoms with Gasteiger partial charge in [0.2, 0.25) is 0 Å². The fraction of sp³-hybridized carbons (Fsp3) is 0.150. The molecule has 0 atom stereocenters. The van der Waals surface area contributed by atoms with Crippen molar-refractivity contribution < 1.29 is 4.79 Å². The fourth-order valence-corrected chi connectivity index (χ4v) is 2.86. The van der Waals surface area contributed by atoms with Crippen molar-refractivity contribution in [3.05, 3.63) is 83.0 Å². The van der Waals surface area contributed by atoms with Gasteiger partial charge in [0, 0.05) is 17.9 Å². The second-order valence-corrected chi connectivity index (χ2v) is 5.86. The summed E-state index contributed by atoms with van der Waals surface area (Å²) in [6.07, 6.45) is 0. The van der Waals surface area contributed by atoms with E-state index in [0.717, 1.165) is 22.5 Å². The van der Waals surface area contributed by atoms with Crippen LogP contribution in [-0.2, 0) is 6.54 Å². The highest BCUT2D eigenvalue weighted by molar-refractivity contribution is 6.08. The maximum atomic E-state index is 12.7. The van der Waals surface area contributed by atoms with Crippen LogP contribution in [0.5, 0.6) is 0 Å². The van der Waals surface area contributed by atoms with Crippen molar-refractivity contribution in [1.29, 1.82) is 0 Å². The van der Waals surface area contributed by atoms with E-state index in [2.05, 4.69) is 17.4 Å². The lowest BCUT2D eigenvalue weighted by Crippen LogP contribution is -2.15. The van der Waals surface area contributed by atoms with Crippen LogP contribution in [0.15, 0.2) is 60.7 Å². The zero-order chi connectivity index (χ0) is 17.1. The number of nitrogens with one attached hydrogen (secondary N) is 1. The summed E-state index contributed by atoms with van der Waals surface area (Å²) in [7, 11) is 0. The quantitative estimate of drug-likeness (QED) is 0.764. The zero-order valence-electron chi connectivity index (χ0n) is 13.9. The third kappa shape index (κ3) is 3.04. The Kier molecular flexibility index (Phi) is 4.38. The van der Waals surface area contributed by atoms with Crippen LogP contribution >= 0.6 is 0 Å². The number of carbonyl (C=O) groups excluding carboxylic acids is 1. The minimum absolute atomic E-state index is 0.175. The van der Waals surface area contributed by atoms with Crippen molar-refractivity contribution in [3.63, 3.8) is 0 Å². The molecule has 0 bridgehead atoms. The molecule has 1 heterocycles. The molecular formula is C20H21N3O. The van der Waals surface area contributed by atoms with Gasteiger partial charge in [-0.1, -0.05) is 48.5 Å². The summed E-state index contributed by atoms with van der Waals surface area (Å²) >= 11 is 0. The summed E-state index contributed by atoms with van der Waals surface area (Å²) in [6, 6.07) is 19.5. The molecule has 0 aliphatic carbocycles. The number of benzene rings is 2. The normalized spacial score (nSPS) is 10.6. The van der Waals surface area contributed by atoms with Crippen LogP contribution in [0.25, 0.3) is 0 Å². The summed E-state index contributed by atoms with van der Waals surface area (Å²) in [5.41, 5.74) is 10.7. The number of para-hydroxylation sites is 1.